The maximum Gasteiger partial charge on any atom is 0.130 e. The molecule has 0 bridgehead atoms. The smallest absolute Gasteiger partial charge is 0.130 e. The third-order valence-corrected chi connectivity index (χ3v) is 3.13. The molecule has 1 N–H and O–H groups in total. The zero-order chi connectivity index (χ0) is 13.7. The minimum Gasteiger partial charge on any atom is -0.457 e. The molecule has 2 aromatic carbocycles. The lowest BCUT2D eigenvalue weighted by atomic mass is 10.1. The van der Waals surface area contributed by atoms with E-state index in [4.69, 9.17) is 16.3 Å². The average molecular weight is 276 g/mol. The van der Waals surface area contributed by atoms with Crippen molar-refractivity contribution in [3.05, 3.63) is 58.6 Å². The zero-order valence-corrected chi connectivity index (χ0v) is 12.0. The molecule has 0 amide bonds. The monoisotopic (exact) mass is 275 g/mol. The van der Waals surface area contributed by atoms with Crippen LogP contribution in [0.3, 0.4) is 0 Å². The maximum atomic E-state index is 5.90. The van der Waals surface area contributed by atoms with E-state index >= 15 is 0 Å². The molecule has 2 aromatic rings. The van der Waals surface area contributed by atoms with Gasteiger partial charge in [0.25, 0.3) is 0 Å². The third kappa shape index (κ3) is 3.98. The molecule has 0 unspecified atom stereocenters. The molecule has 0 fully saturated rings. The molecule has 0 atom stereocenters. The van der Waals surface area contributed by atoms with Crippen LogP contribution in [-0.4, -0.2) is 6.54 Å². The van der Waals surface area contributed by atoms with Crippen LogP contribution in [-0.2, 0) is 6.54 Å². The Balaban J connectivity index is 2.16. The van der Waals surface area contributed by atoms with Gasteiger partial charge >= 0.3 is 0 Å². The van der Waals surface area contributed by atoms with Crippen LogP contribution in [0.25, 0.3) is 0 Å². The molecule has 0 saturated carbocycles. The molecular weight excluding hydrogens is 258 g/mol. The highest BCUT2D eigenvalue weighted by molar-refractivity contribution is 6.30. The fourth-order valence-corrected chi connectivity index (χ4v) is 1.89. The van der Waals surface area contributed by atoms with E-state index in [9.17, 15) is 0 Å². The summed E-state index contributed by atoms with van der Waals surface area (Å²) < 4.78 is 5.90. The molecule has 0 aromatic heterocycles. The van der Waals surface area contributed by atoms with Crippen molar-refractivity contribution in [3.8, 4) is 11.5 Å². The van der Waals surface area contributed by atoms with Gasteiger partial charge in [0.2, 0.25) is 0 Å². The third-order valence-electron chi connectivity index (χ3n) is 2.87. The van der Waals surface area contributed by atoms with E-state index in [2.05, 4.69) is 30.4 Å². The number of nitrogens with one attached hydrogen (secondary N) is 1. The number of aryl methyl sites for hydroxylation is 1. The van der Waals surface area contributed by atoms with Crippen LogP contribution in [0.1, 0.15) is 18.1 Å². The highest BCUT2D eigenvalue weighted by Gasteiger charge is 2.03. The average Bonchev–Trinajstić information content (AvgIpc) is 2.42. The minimum atomic E-state index is 0.713. The molecule has 0 aliphatic heterocycles. The van der Waals surface area contributed by atoms with Gasteiger partial charge in [-0.15, -0.1) is 0 Å². The molecule has 2 rings (SSSR count). The SMILES string of the molecule is CCNCc1ccc(C)c(Oc2ccc(Cl)cc2)c1. The highest BCUT2D eigenvalue weighted by Crippen LogP contribution is 2.27. The normalized spacial score (nSPS) is 10.5. The second-order valence-electron chi connectivity index (χ2n) is 4.44. The number of hydrogen-bond acceptors (Lipinski definition) is 2. The topological polar surface area (TPSA) is 21.3 Å². The van der Waals surface area contributed by atoms with E-state index < -0.39 is 0 Å². The number of benzene rings is 2. The molecule has 100 valence electrons. The summed E-state index contributed by atoms with van der Waals surface area (Å²) in [4.78, 5) is 0. The summed E-state index contributed by atoms with van der Waals surface area (Å²) in [5.74, 6) is 1.69. The van der Waals surface area contributed by atoms with Crippen LogP contribution in [0.15, 0.2) is 42.5 Å². The van der Waals surface area contributed by atoms with Gasteiger partial charge in [0.05, 0.1) is 0 Å². The Morgan fingerprint density at radius 2 is 1.84 bits per heavy atom. The summed E-state index contributed by atoms with van der Waals surface area (Å²) in [5.41, 5.74) is 2.34. The molecule has 3 heteroatoms. The molecule has 0 aliphatic carbocycles. The van der Waals surface area contributed by atoms with E-state index in [0.29, 0.717) is 5.02 Å². The van der Waals surface area contributed by atoms with Crippen molar-refractivity contribution in [2.75, 3.05) is 6.54 Å². The molecule has 0 spiro atoms. The van der Waals surface area contributed by atoms with Crippen molar-refractivity contribution >= 4 is 11.6 Å². The molecule has 0 aliphatic rings. The molecule has 0 saturated heterocycles. The first kappa shape index (κ1) is 13.9. The van der Waals surface area contributed by atoms with Crippen molar-refractivity contribution in [1.82, 2.24) is 5.32 Å². The van der Waals surface area contributed by atoms with Crippen LogP contribution in [0.2, 0.25) is 5.02 Å². The maximum absolute atomic E-state index is 5.90. The lowest BCUT2D eigenvalue weighted by Gasteiger charge is -2.11. The first-order valence-electron chi connectivity index (χ1n) is 6.42. The van der Waals surface area contributed by atoms with E-state index in [1.165, 1.54) is 5.56 Å². The Kier molecular flexibility index (Phi) is 4.83. The summed E-state index contributed by atoms with van der Waals surface area (Å²) in [7, 11) is 0. The van der Waals surface area contributed by atoms with E-state index in [0.717, 1.165) is 30.2 Å². The van der Waals surface area contributed by atoms with E-state index in [1.807, 2.05) is 31.2 Å². The Labute approximate surface area is 119 Å². The Hall–Kier alpha value is -1.51. The molecule has 0 radical (unpaired) electrons. The fourth-order valence-electron chi connectivity index (χ4n) is 1.76. The Morgan fingerprint density at radius 3 is 2.53 bits per heavy atom. The number of halogens is 1. The van der Waals surface area contributed by atoms with Gasteiger partial charge in [-0.25, -0.2) is 0 Å². The first-order chi connectivity index (χ1) is 9.19. The van der Waals surface area contributed by atoms with Crippen LogP contribution in [0, 0.1) is 6.92 Å². The predicted octanol–water partition coefficient (Wildman–Crippen LogP) is 4.55. The standard InChI is InChI=1S/C16H18ClNO/c1-3-18-11-13-5-4-12(2)16(10-13)19-15-8-6-14(17)7-9-15/h4-10,18H,3,11H2,1-2H3. The number of ether oxygens (including phenoxy) is 1. The Morgan fingerprint density at radius 1 is 1.11 bits per heavy atom. The zero-order valence-electron chi connectivity index (χ0n) is 11.2. The van der Waals surface area contributed by atoms with Gasteiger partial charge in [0, 0.05) is 11.6 Å². The summed E-state index contributed by atoms with van der Waals surface area (Å²) in [6.45, 7) is 5.95. The predicted molar refractivity (Wildman–Crippen MR) is 80.1 cm³/mol. The highest BCUT2D eigenvalue weighted by atomic mass is 35.5. The summed E-state index contributed by atoms with van der Waals surface area (Å²) >= 11 is 5.86. The van der Waals surface area contributed by atoms with Crippen LogP contribution in [0.4, 0.5) is 0 Å². The summed E-state index contributed by atoms with van der Waals surface area (Å²) in [6.07, 6.45) is 0. The quantitative estimate of drug-likeness (QED) is 0.864. The molecular formula is C16H18ClNO. The molecule has 0 heterocycles. The Bertz CT molecular complexity index is 537. The van der Waals surface area contributed by atoms with Gasteiger partial charge in [-0.2, -0.15) is 0 Å². The second-order valence-corrected chi connectivity index (χ2v) is 4.87. The molecule has 19 heavy (non-hydrogen) atoms. The van der Waals surface area contributed by atoms with Gasteiger partial charge in [-0.1, -0.05) is 30.7 Å². The van der Waals surface area contributed by atoms with Crippen LogP contribution in [0.5, 0.6) is 11.5 Å². The van der Waals surface area contributed by atoms with Gasteiger partial charge in [-0.05, 0) is 54.9 Å². The number of hydrogen-bond donors (Lipinski definition) is 1. The van der Waals surface area contributed by atoms with Crippen LogP contribution >= 0.6 is 11.6 Å². The second kappa shape index (κ2) is 6.60. The van der Waals surface area contributed by atoms with Gasteiger partial charge < -0.3 is 10.1 Å². The van der Waals surface area contributed by atoms with Gasteiger partial charge in [-0.3, -0.25) is 0 Å². The number of rotatable bonds is 5. The van der Waals surface area contributed by atoms with Gasteiger partial charge in [0.15, 0.2) is 0 Å². The van der Waals surface area contributed by atoms with Crippen molar-refractivity contribution in [3.63, 3.8) is 0 Å². The van der Waals surface area contributed by atoms with Crippen molar-refractivity contribution < 1.29 is 4.74 Å². The minimum absolute atomic E-state index is 0.713. The van der Waals surface area contributed by atoms with Crippen molar-refractivity contribution in [2.45, 2.75) is 20.4 Å². The van der Waals surface area contributed by atoms with Crippen LogP contribution < -0.4 is 10.1 Å². The summed E-state index contributed by atoms with van der Waals surface area (Å²) in [6, 6.07) is 13.7. The van der Waals surface area contributed by atoms with E-state index in [-0.39, 0.29) is 0 Å². The largest absolute Gasteiger partial charge is 0.457 e. The summed E-state index contributed by atoms with van der Waals surface area (Å²) in [5, 5.41) is 4.02. The fraction of sp³-hybridized carbons (Fsp3) is 0.250. The first-order valence-corrected chi connectivity index (χ1v) is 6.80. The van der Waals surface area contributed by atoms with Crippen molar-refractivity contribution in [1.29, 1.82) is 0 Å². The molecule has 2 nitrogen and oxygen atoms in total. The van der Waals surface area contributed by atoms with Gasteiger partial charge in [0.1, 0.15) is 11.5 Å². The van der Waals surface area contributed by atoms with E-state index in [1.54, 1.807) is 0 Å². The van der Waals surface area contributed by atoms with Crippen molar-refractivity contribution in [2.24, 2.45) is 0 Å². The lowest BCUT2D eigenvalue weighted by Crippen LogP contribution is -2.11. The lowest BCUT2D eigenvalue weighted by molar-refractivity contribution is 0.478.